The van der Waals surface area contributed by atoms with Crippen LogP contribution in [0, 0.1) is 21.4 Å². The molecule has 0 bridgehead atoms. The Kier molecular flexibility index (Phi) is 11.5. The van der Waals surface area contributed by atoms with E-state index in [9.17, 15) is 23.3 Å². The first-order valence-corrected chi connectivity index (χ1v) is 22.7. The van der Waals surface area contributed by atoms with Gasteiger partial charge in [0, 0.05) is 92.3 Å². The lowest BCUT2D eigenvalue weighted by molar-refractivity contribution is -0.384. The number of allylic oxidation sites excluding steroid dienone is 1. The number of carbonyl (C=O) groups excluding carboxylic acids is 1. The maximum Gasteiger partial charge on any atom is 0.293 e. The van der Waals surface area contributed by atoms with Crippen molar-refractivity contribution >= 4 is 61.2 Å². The largest absolute Gasteiger partial charge is 0.455 e. The van der Waals surface area contributed by atoms with Crippen molar-refractivity contribution in [3.8, 4) is 11.5 Å². The number of amides is 1. The summed E-state index contributed by atoms with van der Waals surface area (Å²) < 4.78 is 41.2. The second kappa shape index (κ2) is 17.1. The van der Waals surface area contributed by atoms with Gasteiger partial charge in [0.05, 0.1) is 21.6 Å². The minimum Gasteiger partial charge on any atom is -0.455 e. The van der Waals surface area contributed by atoms with Crippen LogP contribution in [0.1, 0.15) is 60.9 Å². The molecule has 9 rings (SSSR count). The maximum absolute atomic E-state index is 13.9. The van der Waals surface area contributed by atoms with Crippen LogP contribution in [-0.2, 0) is 14.8 Å². The van der Waals surface area contributed by atoms with Crippen LogP contribution in [0.4, 0.5) is 17.1 Å². The van der Waals surface area contributed by atoms with Crippen LogP contribution >= 0.6 is 11.6 Å². The smallest absolute Gasteiger partial charge is 0.293 e. The average Bonchev–Trinajstić information content (AvgIpc) is 3.92. The number of likely N-dealkylation sites (tertiary alicyclic amines) is 1. The highest BCUT2D eigenvalue weighted by Gasteiger charge is 2.48. The number of hydrogen-bond donors (Lipinski definition) is 3. The third-order valence-electron chi connectivity index (χ3n) is 12.5. The quantitative estimate of drug-likeness (QED) is 0.0767. The number of nitro benzene ring substituents is 1. The number of nitro groups is 1. The van der Waals surface area contributed by atoms with Gasteiger partial charge in [-0.2, -0.15) is 0 Å². The Hall–Kier alpha value is -5.48. The highest BCUT2D eigenvalue weighted by atomic mass is 35.5. The van der Waals surface area contributed by atoms with Crippen LogP contribution < -0.4 is 19.7 Å². The SMILES string of the molecule is O=C(NS(=O)(=O)c1ccc(NCC2CCOCC2)c([N+](=O)[O-])c1)c1ccc(N2CCC3(CN(CC4=C(c5ccc(Cl)cc5)CCCC4)C3)C2)cc1Oc1cnc2[nH]ccc2c1. The number of fused-ring (bicyclic) bond motifs is 1. The van der Waals surface area contributed by atoms with Gasteiger partial charge < -0.3 is 24.7 Å². The van der Waals surface area contributed by atoms with Gasteiger partial charge in [-0.3, -0.25) is 19.8 Å². The van der Waals surface area contributed by atoms with E-state index in [0.29, 0.717) is 31.2 Å². The van der Waals surface area contributed by atoms with Gasteiger partial charge in [-0.1, -0.05) is 29.3 Å². The monoisotopic (exact) mass is 865 g/mol. The molecule has 0 saturated carbocycles. The topological polar surface area (TPSA) is 172 Å². The number of pyridine rings is 1. The Balaban J connectivity index is 0.919. The number of hydrogen-bond acceptors (Lipinski definition) is 11. The molecule has 1 amide bonds. The zero-order valence-corrected chi connectivity index (χ0v) is 35.3. The zero-order valence-electron chi connectivity index (χ0n) is 33.7. The van der Waals surface area contributed by atoms with Crippen molar-refractivity contribution in [2.45, 2.75) is 49.8 Å². The van der Waals surface area contributed by atoms with Crippen LogP contribution in [0.3, 0.4) is 0 Å². The lowest BCUT2D eigenvalue weighted by Crippen LogP contribution is -2.57. The number of aromatic amines is 1. The molecule has 4 aliphatic rings. The molecular formula is C45H48ClN7O7S. The molecule has 3 N–H and O–H groups in total. The van der Waals surface area contributed by atoms with Gasteiger partial charge in [0.2, 0.25) is 0 Å². The number of benzene rings is 3. The molecule has 318 valence electrons. The number of H-pyrrole nitrogens is 1. The molecular weight excluding hydrogens is 818 g/mol. The van der Waals surface area contributed by atoms with Gasteiger partial charge in [0.1, 0.15) is 22.8 Å². The Morgan fingerprint density at radius 2 is 1.82 bits per heavy atom. The lowest BCUT2D eigenvalue weighted by Gasteiger charge is -2.49. The number of anilines is 2. The van der Waals surface area contributed by atoms with Gasteiger partial charge in [0.25, 0.3) is 21.6 Å². The van der Waals surface area contributed by atoms with Crippen molar-refractivity contribution in [1.82, 2.24) is 19.6 Å². The van der Waals surface area contributed by atoms with E-state index < -0.39 is 31.4 Å². The third kappa shape index (κ3) is 8.96. The van der Waals surface area contributed by atoms with Crippen molar-refractivity contribution in [3.63, 3.8) is 0 Å². The number of sulfonamides is 1. The van der Waals surface area contributed by atoms with E-state index >= 15 is 0 Å². The predicted octanol–water partition coefficient (Wildman–Crippen LogP) is 8.41. The van der Waals surface area contributed by atoms with Crippen molar-refractivity contribution < 1.29 is 27.6 Å². The highest BCUT2D eigenvalue weighted by Crippen LogP contribution is 2.44. The van der Waals surface area contributed by atoms with Crippen molar-refractivity contribution in [1.29, 1.82) is 0 Å². The van der Waals surface area contributed by atoms with Gasteiger partial charge >= 0.3 is 0 Å². The molecule has 3 saturated heterocycles. The molecule has 3 aromatic carbocycles. The number of halogens is 1. The number of aromatic nitrogens is 2. The van der Waals surface area contributed by atoms with Crippen LogP contribution in [0.25, 0.3) is 16.6 Å². The summed E-state index contributed by atoms with van der Waals surface area (Å²) in [5.74, 6) is -0.151. The van der Waals surface area contributed by atoms with E-state index in [-0.39, 0.29) is 28.3 Å². The Labute approximate surface area is 359 Å². The molecule has 16 heteroatoms. The van der Waals surface area contributed by atoms with Crippen molar-refractivity contribution in [2.75, 3.05) is 62.7 Å². The van der Waals surface area contributed by atoms with Crippen LogP contribution in [0.5, 0.6) is 11.5 Å². The maximum atomic E-state index is 13.9. The number of ether oxygens (including phenoxy) is 2. The van der Waals surface area contributed by atoms with E-state index in [4.69, 9.17) is 21.1 Å². The normalized spacial score (nSPS) is 18.3. The number of nitrogens with one attached hydrogen (secondary N) is 3. The van der Waals surface area contributed by atoms with E-state index in [1.165, 1.54) is 47.9 Å². The number of rotatable bonds is 13. The minimum atomic E-state index is -4.54. The molecule has 0 radical (unpaired) electrons. The summed E-state index contributed by atoms with van der Waals surface area (Å²) in [5.41, 5.74) is 5.68. The molecule has 0 unspecified atom stereocenters. The predicted molar refractivity (Wildman–Crippen MR) is 235 cm³/mol. The van der Waals surface area contributed by atoms with Gasteiger partial charge in [-0.05, 0) is 111 Å². The molecule has 0 atom stereocenters. The molecule has 3 fully saturated rings. The van der Waals surface area contributed by atoms with Crippen molar-refractivity contribution in [3.05, 3.63) is 117 Å². The lowest BCUT2D eigenvalue weighted by atomic mass is 9.78. The van der Waals surface area contributed by atoms with Crippen LogP contribution in [0.15, 0.2) is 95.7 Å². The Bertz CT molecular complexity index is 2600. The minimum absolute atomic E-state index is 0.0216. The van der Waals surface area contributed by atoms with Crippen molar-refractivity contribution in [2.24, 2.45) is 11.3 Å². The summed E-state index contributed by atoms with van der Waals surface area (Å²) in [7, 11) is -4.54. The Morgan fingerprint density at radius 3 is 2.62 bits per heavy atom. The third-order valence-corrected chi connectivity index (χ3v) is 14.1. The Morgan fingerprint density at radius 1 is 1.02 bits per heavy atom. The molecule has 2 aromatic heterocycles. The summed E-state index contributed by atoms with van der Waals surface area (Å²) in [6.07, 6.45) is 10.6. The fraction of sp³-hybridized carbons (Fsp3) is 0.378. The molecule has 5 aromatic rings. The van der Waals surface area contributed by atoms with Gasteiger partial charge in [-0.25, -0.2) is 18.1 Å². The molecule has 1 spiro atoms. The molecule has 1 aliphatic carbocycles. The molecule has 5 heterocycles. The summed E-state index contributed by atoms with van der Waals surface area (Å²) in [6, 6.07) is 20.6. The second-order valence-corrected chi connectivity index (χ2v) is 18.9. The van der Waals surface area contributed by atoms with Crippen LogP contribution in [0.2, 0.25) is 5.02 Å². The van der Waals surface area contributed by atoms with E-state index in [2.05, 4.69) is 41.9 Å². The standard InChI is InChI=1S/C45H48ClN7O7S/c46-34-7-5-31(6-8-34)38-4-2-1-3-33(38)26-51-27-45(28-51)16-18-52(29-45)35-9-11-39(42(22-35)60-36-21-32-13-17-47-43(32)49-25-36)44(54)50-61(57,58)37-10-12-40(41(23-37)53(55)56)48-24-30-14-19-59-20-15-30/h5-13,17,21-23,25,30,48H,1-4,14-16,18-20,24,26-29H2,(H,47,49)(H,50,54). The fourth-order valence-electron chi connectivity index (χ4n) is 9.34. The first kappa shape index (κ1) is 40.9. The van der Waals surface area contributed by atoms with Gasteiger partial charge in [-0.15, -0.1) is 0 Å². The molecule has 14 nitrogen and oxygen atoms in total. The van der Waals surface area contributed by atoms with E-state index in [0.717, 1.165) is 87.0 Å². The number of nitrogens with zero attached hydrogens (tertiary/aromatic N) is 4. The summed E-state index contributed by atoms with van der Waals surface area (Å²) >= 11 is 6.19. The highest BCUT2D eigenvalue weighted by molar-refractivity contribution is 7.90. The van der Waals surface area contributed by atoms with E-state index in [1.807, 2.05) is 24.3 Å². The summed E-state index contributed by atoms with van der Waals surface area (Å²) in [4.78, 5) is 37.3. The van der Waals surface area contributed by atoms with Gasteiger partial charge in [0.15, 0.2) is 0 Å². The zero-order chi connectivity index (χ0) is 42.1. The second-order valence-electron chi connectivity index (χ2n) is 16.8. The molecule has 61 heavy (non-hydrogen) atoms. The summed E-state index contributed by atoms with van der Waals surface area (Å²) in [6.45, 7) is 6.36. The average molecular weight is 866 g/mol. The molecule has 3 aliphatic heterocycles. The summed E-state index contributed by atoms with van der Waals surface area (Å²) in [5, 5.41) is 16.7. The number of carbonyl (C=O) groups is 1. The fourth-order valence-corrected chi connectivity index (χ4v) is 10.5. The first-order valence-electron chi connectivity index (χ1n) is 20.9. The first-order chi connectivity index (χ1) is 29.5. The van der Waals surface area contributed by atoms with E-state index in [1.54, 1.807) is 24.4 Å². The van der Waals surface area contributed by atoms with Crippen LogP contribution in [-0.4, -0.2) is 86.6 Å².